The number of thiazole rings is 1. The highest BCUT2D eigenvalue weighted by atomic mass is 35.5. The van der Waals surface area contributed by atoms with Gasteiger partial charge in [-0.15, -0.1) is 0 Å². The van der Waals surface area contributed by atoms with E-state index in [0.717, 1.165) is 12.0 Å². The molecule has 7 nitrogen and oxygen atoms in total. The molecule has 5 rings (SSSR count). The van der Waals surface area contributed by atoms with Crippen molar-refractivity contribution in [1.82, 2.24) is 4.57 Å². The van der Waals surface area contributed by atoms with E-state index in [1.165, 1.54) is 11.3 Å². The van der Waals surface area contributed by atoms with Crippen LogP contribution in [0.1, 0.15) is 44.1 Å². The lowest BCUT2D eigenvalue weighted by Gasteiger charge is -2.26. The summed E-state index contributed by atoms with van der Waals surface area (Å²) in [6, 6.07) is 15.3. The first-order chi connectivity index (χ1) is 19.3. The van der Waals surface area contributed by atoms with E-state index in [0.29, 0.717) is 59.9 Å². The molecule has 2 aromatic carbocycles. The molecule has 2 aromatic heterocycles. The third-order valence-corrected chi connectivity index (χ3v) is 7.93. The van der Waals surface area contributed by atoms with Gasteiger partial charge in [0, 0.05) is 16.7 Å². The lowest BCUT2D eigenvalue weighted by molar-refractivity contribution is -0.139. The summed E-state index contributed by atoms with van der Waals surface area (Å²) >= 11 is 13.6. The van der Waals surface area contributed by atoms with Crippen LogP contribution in [-0.4, -0.2) is 24.3 Å². The first-order valence-corrected chi connectivity index (χ1v) is 14.3. The van der Waals surface area contributed by atoms with Crippen LogP contribution in [0.2, 0.25) is 10.0 Å². The number of fused-ring (bicyclic) bond motifs is 1. The SMILES string of the molecule is CCCC1=C(C(=O)OCC)C(c2cccc(OC)c2)n2c(s/c(=C\c3ccc(-c4ccc(Cl)cc4Cl)o3)c2=O)=N1. The quantitative estimate of drug-likeness (QED) is 0.228. The number of carbonyl (C=O) groups is 1. The number of hydrogen-bond acceptors (Lipinski definition) is 7. The predicted molar refractivity (Wildman–Crippen MR) is 157 cm³/mol. The molecule has 0 radical (unpaired) electrons. The van der Waals surface area contributed by atoms with Gasteiger partial charge in [-0.2, -0.15) is 0 Å². The highest BCUT2D eigenvalue weighted by Gasteiger charge is 2.34. The van der Waals surface area contributed by atoms with Gasteiger partial charge in [-0.05, 0) is 61.4 Å². The molecule has 1 aliphatic rings. The van der Waals surface area contributed by atoms with Crippen LogP contribution in [0.3, 0.4) is 0 Å². The number of hydrogen-bond donors (Lipinski definition) is 0. The summed E-state index contributed by atoms with van der Waals surface area (Å²) in [6.07, 6.45) is 3.00. The Labute approximate surface area is 244 Å². The Bertz CT molecular complexity index is 1800. The monoisotopic (exact) mass is 596 g/mol. The van der Waals surface area contributed by atoms with E-state index in [9.17, 15) is 9.59 Å². The molecule has 10 heteroatoms. The van der Waals surface area contributed by atoms with E-state index < -0.39 is 12.0 Å². The van der Waals surface area contributed by atoms with Crippen LogP contribution in [0.5, 0.6) is 5.75 Å². The zero-order chi connectivity index (χ0) is 28.4. The van der Waals surface area contributed by atoms with Crippen molar-refractivity contribution in [2.75, 3.05) is 13.7 Å². The molecule has 0 saturated carbocycles. The number of allylic oxidation sites excluding steroid dienone is 1. The minimum absolute atomic E-state index is 0.204. The van der Waals surface area contributed by atoms with Crippen LogP contribution in [0.25, 0.3) is 17.4 Å². The molecule has 0 saturated heterocycles. The average Bonchev–Trinajstić information content (AvgIpc) is 3.52. The minimum Gasteiger partial charge on any atom is -0.497 e. The summed E-state index contributed by atoms with van der Waals surface area (Å²) < 4.78 is 18.9. The Kier molecular flexibility index (Phi) is 8.30. The van der Waals surface area contributed by atoms with Crippen LogP contribution in [-0.2, 0) is 9.53 Å². The molecule has 0 aliphatic carbocycles. The largest absolute Gasteiger partial charge is 0.497 e. The van der Waals surface area contributed by atoms with Crippen molar-refractivity contribution in [1.29, 1.82) is 0 Å². The van der Waals surface area contributed by atoms with E-state index in [1.807, 2.05) is 31.2 Å². The summed E-state index contributed by atoms with van der Waals surface area (Å²) in [7, 11) is 1.57. The summed E-state index contributed by atoms with van der Waals surface area (Å²) in [5.74, 6) is 1.14. The lowest BCUT2D eigenvalue weighted by Crippen LogP contribution is -2.40. The molecule has 0 N–H and O–H groups in total. The number of carbonyl (C=O) groups excluding carboxylic acids is 1. The van der Waals surface area contributed by atoms with E-state index in [1.54, 1.807) is 55.0 Å². The summed E-state index contributed by atoms with van der Waals surface area (Å²) in [5, 5.41) is 0.984. The second-order valence-corrected chi connectivity index (χ2v) is 10.9. The molecule has 0 fully saturated rings. The van der Waals surface area contributed by atoms with Gasteiger partial charge in [0.25, 0.3) is 5.56 Å². The van der Waals surface area contributed by atoms with Crippen LogP contribution in [0.4, 0.5) is 0 Å². The second-order valence-electron chi connectivity index (χ2n) is 9.02. The molecule has 1 unspecified atom stereocenters. The van der Waals surface area contributed by atoms with Gasteiger partial charge in [-0.3, -0.25) is 9.36 Å². The first kappa shape index (κ1) is 28.0. The van der Waals surface area contributed by atoms with Gasteiger partial charge in [0.2, 0.25) is 0 Å². The molecule has 1 atom stereocenters. The van der Waals surface area contributed by atoms with Crippen LogP contribution < -0.4 is 19.6 Å². The van der Waals surface area contributed by atoms with E-state index in [-0.39, 0.29) is 12.2 Å². The number of methoxy groups -OCH3 is 1. The topological polar surface area (TPSA) is 83.0 Å². The van der Waals surface area contributed by atoms with Gasteiger partial charge in [0.05, 0.1) is 40.6 Å². The summed E-state index contributed by atoms with van der Waals surface area (Å²) in [5.41, 5.74) is 2.08. The zero-order valence-electron chi connectivity index (χ0n) is 22.1. The van der Waals surface area contributed by atoms with Gasteiger partial charge in [0.15, 0.2) is 4.80 Å². The van der Waals surface area contributed by atoms with E-state index in [2.05, 4.69) is 0 Å². The molecule has 0 bridgehead atoms. The van der Waals surface area contributed by atoms with Gasteiger partial charge in [0.1, 0.15) is 17.3 Å². The maximum Gasteiger partial charge on any atom is 0.338 e. The zero-order valence-corrected chi connectivity index (χ0v) is 24.4. The Hall–Kier alpha value is -3.59. The van der Waals surface area contributed by atoms with Crippen LogP contribution in [0, 0.1) is 0 Å². The fraction of sp³-hybridized carbons (Fsp3) is 0.233. The van der Waals surface area contributed by atoms with E-state index >= 15 is 0 Å². The van der Waals surface area contributed by atoms with Crippen molar-refractivity contribution in [3.05, 3.63) is 107 Å². The molecular weight excluding hydrogens is 571 g/mol. The van der Waals surface area contributed by atoms with E-state index in [4.69, 9.17) is 42.1 Å². The standard InChI is InChI=1S/C30H26Cl2N2O5S/c1-4-7-23-26(29(36)38-5-2)27(17-8-6-9-19(14-17)37-3)34-28(35)25(40-30(34)33-23)16-20-11-13-24(39-20)21-12-10-18(31)15-22(21)32/h6,8-16,27H,4-5,7H2,1-3H3/b25-16-. The predicted octanol–water partition coefficient (Wildman–Crippen LogP) is 6.15. The fourth-order valence-corrected chi connectivity index (χ4v) is 6.14. The third kappa shape index (κ3) is 5.39. The Morgan fingerprint density at radius 3 is 2.70 bits per heavy atom. The van der Waals surface area contributed by atoms with Crippen LogP contribution in [0.15, 0.2) is 80.1 Å². The Morgan fingerprint density at radius 1 is 1.15 bits per heavy atom. The van der Waals surface area contributed by atoms with Gasteiger partial charge < -0.3 is 13.9 Å². The maximum absolute atomic E-state index is 13.9. The van der Waals surface area contributed by atoms with Crippen molar-refractivity contribution in [3.8, 4) is 17.1 Å². The van der Waals surface area contributed by atoms with Crippen molar-refractivity contribution >= 4 is 46.6 Å². The molecule has 0 spiro atoms. The molecule has 40 heavy (non-hydrogen) atoms. The highest BCUT2D eigenvalue weighted by molar-refractivity contribution is 7.07. The number of aromatic nitrogens is 1. The second kappa shape index (κ2) is 11.9. The lowest BCUT2D eigenvalue weighted by atomic mass is 9.94. The van der Waals surface area contributed by atoms with Crippen molar-refractivity contribution in [3.63, 3.8) is 0 Å². The Balaban J connectivity index is 1.68. The third-order valence-electron chi connectivity index (χ3n) is 6.40. The summed E-state index contributed by atoms with van der Waals surface area (Å²) in [4.78, 5) is 32.5. The normalized spacial score (nSPS) is 15.1. The van der Waals surface area contributed by atoms with Gasteiger partial charge in [-0.25, -0.2) is 9.79 Å². The molecular formula is C30H26Cl2N2O5S. The van der Waals surface area contributed by atoms with Crippen molar-refractivity contribution < 1.29 is 18.7 Å². The molecule has 3 heterocycles. The smallest absolute Gasteiger partial charge is 0.338 e. The number of nitrogens with zero attached hydrogens (tertiary/aromatic N) is 2. The number of furan rings is 1. The minimum atomic E-state index is -0.728. The van der Waals surface area contributed by atoms with Crippen molar-refractivity contribution in [2.24, 2.45) is 4.99 Å². The number of ether oxygens (including phenoxy) is 2. The number of esters is 1. The number of halogens is 2. The fourth-order valence-electron chi connectivity index (χ4n) is 4.64. The first-order valence-electron chi connectivity index (χ1n) is 12.8. The van der Waals surface area contributed by atoms with Crippen molar-refractivity contribution in [2.45, 2.75) is 32.7 Å². The summed E-state index contributed by atoms with van der Waals surface area (Å²) in [6.45, 7) is 3.97. The Morgan fingerprint density at radius 2 is 1.98 bits per heavy atom. The average molecular weight is 598 g/mol. The molecule has 206 valence electrons. The van der Waals surface area contributed by atoms with Crippen LogP contribution >= 0.6 is 34.5 Å². The highest BCUT2D eigenvalue weighted by Crippen LogP contribution is 2.34. The number of benzene rings is 2. The molecule has 0 amide bonds. The molecule has 4 aromatic rings. The van der Waals surface area contributed by atoms with Gasteiger partial charge >= 0.3 is 5.97 Å². The molecule has 1 aliphatic heterocycles. The van der Waals surface area contributed by atoms with Gasteiger partial charge in [-0.1, -0.05) is 60.0 Å². The number of rotatable bonds is 8. The maximum atomic E-state index is 13.9.